The third kappa shape index (κ3) is 18.9. The molecule has 4 heterocycles. The van der Waals surface area contributed by atoms with Crippen LogP contribution in [0, 0.1) is 5.92 Å². The normalized spacial score (nSPS) is 28.5. The van der Waals surface area contributed by atoms with Crippen molar-refractivity contribution in [3.8, 4) is 22.6 Å². The highest BCUT2D eigenvalue weighted by molar-refractivity contribution is 8.15. The Balaban J connectivity index is 0.951. The number of phenolic OH excluding ortho intramolecular Hbond substituents is 1. The predicted octanol–water partition coefficient (Wildman–Crippen LogP) is -1.12. The number of rotatable bonds is 19. The van der Waals surface area contributed by atoms with E-state index in [-0.39, 0.29) is 29.6 Å². The monoisotopic (exact) mass is 1400 g/mol. The van der Waals surface area contributed by atoms with Crippen LogP contribution in [0.5, 0.6) is 11.5 Å². The quantitative estimate of drug-likeness (QED) is 0.0529. The Morgan fingerprint density at radius 2 is 1.32 bits per heavy atom. The second kappa shape index (κ2) is 33.3. The van der Waals surface area contributed by atoms with Gasteiger partial charge < -0.3 is 96.7 Å². The average Bonchev–Trinajstić information content (AvgIpc) is 1.40. The highest BCUT2D eigenvalue weighted by Crippen LogP contribution is 2.42. The maximum atomic E-state index is 15.0. The van der Waals surface area contributed by atoms with Gasteiger partial charge in [0.25, 0.3) is 17.1 Å². The first-order chi connectivity index (χ1) is 47.0. The number of hydrogen-bond acceptors (Lipinski definition) is 23. The van der Waals surface area contributed by atoms with Crippen LogP contribution < -0.4 is 41.0 Å². The zero-order valence-corrected chi connectivity index (χ0v) is 56.3. The molecular weight excluding hydrogens is 1310 g/mol. The highest BCUT2D eigenvalue weighted by Gasteiger charge is 2.50. The fourth-order valence-electron chi connectivity index (χ4n) is 13.9. The SMILES string of the molecule is C[C@@H](O)[C@@H]1NC(=O)C(NC(=O)c2ccc(-c3ccc(N4CCN(C5CCC(C)(c6ccccc6)CC5)CC4)cc3)cc2)C[C@@H](O)CNC(=O)[C@@H]2[C@@H](O)[C@@H](C)CN2C(=O)[C@H]([C@H](O)CCNC(CO)CO)NC(=O)[C@H]([C@H](O)Cc2ccc(O)c(OS(O)(O)O)c2)NC(=O)[C@@H]2C[C@@H](O)CN2C1=O. The van der Waals surface area contributed by atoms with Gasteiger partial charge in [0, 0.05) is 88.3 Å². The number of aliphatic hydroxyl groups excluding tert-OH is 8. The molecule has 31 heteroatoms. The number of carbonyl (C=O) groups is 7. The summed E-state index contributed by atoms with van der Waals surface area (Å²) in [4.78, 5) is 109. The Morgan fingerprint density at radius 3 is 1.95 bits per heavy atom. The number of anilines is 1. The van der Waals surface area contributed by atoms with Crippen molar-refractivity contribution in [1.82, 2.24) is 46.6 Å². The fraction of sp³-hybridized carbons (Fsp3) is 0.544. The van der Waals surface area contributed by atoms with Gasteiger partial charge in [-0.05, 0) is 110 Å². The van der Waals surface area contributed by atoms with Crippen LogP contribution in [0.3, 0.4) is 0 Å². The number of carbonyl (C=O) groups excluding carboxylic acids is 7. The molecule has 4 aromatic rings. The second-order valence-corrected chi connectivity index (χ2v) is 28.1. The van der Waals surface area contributed by atoms with E-state index in [0.717, 1.165) is 97.5 Å². The van der Waals surface area contributed by atoms with E-state index < -0.39 is 201 Å². The van der Waals surface area contributed by atoms with Crippen LogP contribution in [0.1, 0.15) is 87.2 Å². The lowest BCUT2D eigenvalue weighted by atomic mass is 9.69. The number of phenols is 1. The van der Waals surface area contributed by atoms with E-state index in [1.807, 2.05) is 12.1 Å². The van der Waals surface area contributed by atoms with Crippen LogP contribution in [-0.2, 0) is 40.6 Å². The van der Waals surface area contributed by atoms with Gasteiger partial charge in [-0.3, -0.25) is 52.1 Å². The standard InChI is InChI=1S/C68H94N10O20S/c1-38-34-78-59(60(38)87)65(92)70-33-48(82)31-50(71-61(88)43-12-10-41(11-13-43)42-14-16-46(17-15-42)75-25-27-76(28-26-75)47-19-22-68(3,23-20-47)44-7-5-4-6-8-44)62(89)72-56(39(2)81)66(93)77-35-49(83)32-51(77)63(90)73-57(54(86)29-40-9-18-52(84)55(30-40)98-99(95,96)97)64(91)74-58(67(78)94)53(85)21-24-69-45(36-79)37-80/h4-18,30,38-39,45,47-51,53-54,56-60,69,79-87,95-97H,19-29,31-37H2,1-3H3,(H,70,92)(H,71,88)(H,72,89)(H,73,90)(H,74,91)/t38-,39+,47?,48+,49+,50?,51-,53+,54+,56-,57-,58-,59-,60-,68?/m0/s1. The van der Waals surface area contributed by atoms with Gasteiger partial charge in [0.15, 0.2) is 11.5 Å². The molecule has 13 atom stereocenters. The van der Waals surface area contributed by atoms with E-state index in [4.69, 9.17) is 0 Å². The molecule has 18 N–H and O–H groups in total. The number of hydrogen-bond donors (Lipinski definition) is 18. The number of nitrogens with one attached hydrogen (secondary N) is 6. The summed E-state index contributed by atoms with van der Waals surface area (Å²) in [6, 6.07) is 16.5. The van der Waals surface area contributed by atoms with Crippen molar-refractivity contribution in [2.24, 2.45) is 5.92 Å². The molecule has 1 aliphatic carbocycles. The number of piperazine rings is 1. The highest BCUT2D eigenvalue weighted by atomic mass is 32.3. The average molecular weight is 1400 g/mol. The van der Waals surface area contributed by atoms with Gasteiger partial charge in [0.1, 0.15) is 36.3 Å². The van der Waals surface area contributed by atoms with Crippen molar-refractivity contribution in [1.29, 1.82) is 0 Å². The Labute approximate surface area is 575 Å². The number of benzene rings is 4. The molecule has 4 saturated heterocycles. The second-order valence-electron chi connectivity index (χ2n) is 27.0. The lowest BCUT2D eigenvalue weighted by molar-refractivity contribution is -0.147. The maximum absolute atomic E-state index is 15.0. The molecule has 9 rings (SSSR count). The molecule has 4 aromatic carbocycles. The smallest absolute Gasteiger partial charge is 0.266 e. The van der Waals surface area contributed by atoms with Gasteiger partial charge in [0.05, 0.1) is 55.9 Å². The van der Waals surface area contributed by atoms with Crippen LogP contribution in [0.25, 0.3) is 11.1 Å². The van der Waals surface area contributed by atoms with Gasteiger partial charge in [-0.1, -0.05) is 74.5 Å². The Morgan fingerprint density at radius 1 is 0.707 bits per heavy atom. The molecule has 99 heavy (non-hydrogen) atoms. The van der Waals surface area contributed by atoms with Crippen LogP contribution >= 0.6 is 11.2 Å². The molecule has 4 aliphatic heterocycles. The van der Waals surface area contributed by atoms with E-state index in [0.29, 0.717) is 6.04 Å². The first kappa shape index (κ1) is 75.6. The third-order valence-electron chi connectivity index (χ3n) is 19.8. The maximum Gasteiger partial charge on any atom is 0.266 e. The van der Waals surface area contributed by atoms with Crippen molar-refractivity contribution in [3.05, 3.63) is 114 Å². The number of β-amino-alcohol motifs (C(OH)–C–C–N with tert-alkyl or cyclic N) is 1. The Kier molecular flexibility index (Phi) is 25.4. The molecule has 0 bridgehead atoms. The summed E-state index contributed by atoms with van der Waals surface area (Å²) < 4.78 is 33.4. The molecule has 1 unspecified atom stereocenters. The number of amides is 7. The minimum atomic E-state index is -4.74. The van der Waals surface area contributed by atoms with E-state index in [1.54, 1.807) is 12.1 Å². The molecule has 0 spiro atoms. The Bertz CT molecular complexity index is 3430. The van der Waals surface area contributed by atoms with Crippen LogP contribution in [0.2, 0.25) is 0 Å². The summed E-state index contributed by atoms with van der Waals surface area (Å²) in [6.45, 7) is 5.68. The summed E-state index contributed by atoms with van der Waals surface area (Å²) in [5.41, 5.74) is 4.30. The van der Waals surface area contributed by atoms with Crippen LogP contribution in [-0.4, -0.2) is 266 Å². The van der Waals surface area contributed by atoms with Crippen LogP contribution in [0.4, 0.5) is 5.69 Å². The number of aromatic hydroxyl groups is 1. The Hall–Kier alpha value is -7.60. The van der Waals surface area contributed by atoms with E-state index in [9.17, 15) is 93.2 Å². The van der Waals surface area contributed by atoms with Crippen molar-refractivity contribution >= 4 is 58.2 Å². The molecule has 5 fully saturated rings. The topological polar surface area (TPSA) is 457 Å². The summed E-state index contributed by atoms with van der Waals surface area (Å²) >= 11 is -4.74. The molecule has 0 aromatic heterocycles. The van der Waals surface area contributed by atoms with Gasteiger partial charge in [-0.2, -0.15) is 0 Å². The molecule has 7 amide bonds. The van der Waals surface area contributed by atoms with Crippen molar-refractivity contribution in [2.75, 3.05) is 70.5 Å². The molecular formula is C68H94N10O20S. The van der Waals surface area contributed by atoms with E-state index >= 15 is 0 Å². The first-order valence-corrected chi connectivity index (χ1v) is 34.9. The summed E-state index contributed by atoms with van der Waals surface area (Å²) in [5.74, 6) is -10.3. The molecule has 542 valence electrons. The van der Waals surface area contributed by atoms with Crippen molar-refractivity contribution in [3.63, 3.8) is 0 Å². The largest absolute Gasteiger partial charge is 0.504 e. The zero-order chi connectivity index (χ0) is 71.6. The summed E-state index contributed by atoms with van der Waals surface area (Å²) in [5, 5.41) is 114. The molecule has 5 aliphatic rings. The van der Waals surface area contributed by atoms with Crippen molar-refractivity contribution in [2.45, 2.75) is 163 Å². The van der Waals surface area contributed by atoms with E-state index in [1.165, 1.54) is 30.7 Å². The first-order valence-electron chi connectivity index (χ1n) is 33.5. The molecule has 0 radical (unpaired) electrons. The predicted molar refractivity (Wildman–Crippen MR) is 361 cm³/mol. The number of nitrogens with zero attached hydrogens (tertiary/aromatic N) is 4. The number of fused-ring (bicyclic) bond motifs is 2. The van der Waals surface area contributed by atoms with Gasteiger partial charge in [-0.25, -0.2) is 0 Å². The third-order valence-corrected chi connectivity index (χ3v) is 20.2. The minimum absolute atomic E-state index is 0.0574. The summed E-state index contributed by atoms with van der Waals surface area (Å²) in [7, 11) is 0. The lowest BCUT2D eigenvalue weighted by Crippen LogP contribution is -2.64. The van der Waals surface area contributed by atoms with E-state index in [2.05, 4.69) is 95.3 Å². The molecule has 1 saturated carbocycles. The summed E-state index contributed by atoms with van der Waals surface area (Å²) in [6.07, 6.45) is -8.33. The van der Waals surface area contributed by atoms with Crippen molar-refractivity contribution < 1.29 is 97.4 Å². The zero-order valence-electron chi connectivity index (χ0n) is 55.5. The lowest BCUT2D eigenvalue weighted by Gasteiger charge is -2.45. The fourth-order valence-corrected chi connectivity index (χ4v) is 14.3. The minimum Gasteiger partial charge on any atom is -0.504 e. The number of aliphatic hydroxyl groups is 8. The molecule has 30 nitrogen and oxygen atoms in total. The van der Waals surface area contributed by atoms with Gasteiger partial charge >= 0.3 is 0 Å². The van der Waals surface area contributed by atoms with Gasteiger partial charge in [0.2, 0.25) is 35.4 Å². The van der Waals surface area contributed by atoms with Crippen LogP contribution in [0.15, 0.2) is 97.1 Å². The van der Waals surface area contributed by atoms with Gasteiger partial charge in [-0.15, -0.1) is 0 Å².